The molecule has 1 aromatic heterocycles. The molecule has 2 nitrogen and oxygen atoms in total. The van der Waals surface area contributed by atoms with Gasteiger partial charge in [-0.15, -0.1) is 11.8 Å². The molecule has 1 unspecified atom stereocenters. The first-order valence-electron chi connectivity index (χ1n) is 3.92. The number of halogens is 1. The molecule has 0 spiro atoms. The number of aromatic nitrogens is 1. The number of rotatable bonds is 2. The van der Waals surface area contributed by atoms with E-state index in [-0.39, 0.29) is 0 Å². The molecule has 0 amide bonds. The molecule has 0 aliphatic rings. The van der Waals surface area contributed by atoms with E-state index in [0.717, 1.165) is 10.0 Å². The molecule has 0 bridgehead atoms. The van der Waals surface area contributed by atoms with E-state index in [9.17, 15) is 5.11 Å². The lowest BCUT2D eigenvalue weighted by atomic mass is 10.1. The van der Waals surface area contributed by atoms with Crippen LogP contribution in [0.25, 0.3) is 0 Å². The molecule has 3 heteroatoms. The van der Waals surface area contributed by atoms with Crippen molar-refractivity contribution in [2.45, 2.75) is 19.4 Å². The maximum atomic E-state index is 9.61. The van der Waals surface area contributed by atoms with E-state index in [1.54, 1.807) is 19.3 Å². The van der Waals surface area contributed by atoms with Gasteiger partial charge in [-0.3, -0.25) is 4.98 Å². The summed E-state index contributed by atoms with van der Waals surface area (Å²) in [6, 6.07) is 1.84. The van der Waals surface area contributed by atoms with Crippen LogP contribution in [0.1, 0.15) is 25.0 Å². The smallest absolute Gasteiger partial charge is 0.0914 e. The Balaban J connectivity index is 2.74. The predicted octanol–water partition coefficient (Wildman–Crippen LogP) is 2.29. The van der Waals surface area contributed by atoms with E-state index in [2.05, 4.69) is 32.8 Å². The average molecular weight is 240 g/mol. The Hall–Kier alpha value is -0.850. The lowest BCUT2D eigenvalue weighted by Crippen LogP contribution is -1.96. The van der Waals surface area contributed by atoms with Crippen molar-refractivity contribution in [3.8, 4) is 11.8 Å². The van der Waals surface area contributed by atoms with Crippen molar-refractivity contribution in [1.29, 1.82) is 0 Å². The monoisotopic (exact) mass is 239 g/mol. The summed E-state index contributed by atoms with van der Waals surface area (Å²) in [7, 11) is 0. The van der Waals surface area contributed by atoms with E-state index < -0.39 is 6.10 Å². The van der Waals surface area contributed by atoms with E-state index >= 15 is 0 Å². The number of hydrogen-bond acceptors (Lipinski definition) is 2. The van der Waals surface area contributed by atoms with Gasteiger partial charge in [0.15, 0.2) is 0 Å². The molecule has 1 aromatic rings. The van der Waals surface area contributed by atoms with Gasteiger partial charge in [-0.25, -0.2) is 0 Å². The minimum atomic E-state index is -0.544. The Morgan fingerprint density at radius 1 is 1.62 bits per heavy atom. The van der Waals surface area contributed by atoms with Crippen molar-refractivity contribution in [2.24, 2.45) is 0 Å². The Kier molecular flexibility index (Phi) is 3.94. The minimum absolute atomic E-state index is 0.453. The molecule has 0 aromatic carbocycles. The van der Waals surface area contributed by atoms with Gasteiger partial charge in [0.05, 0.1) is 6.10 Å². The molecule has 0 fully saturated rings. The summed E-state index contributed by atoms with van der Waals surface area (Å²) < 4.78 is 0.869. The maximum Gasteiger partial charge on any atom is 0.0914 e. The average Bonchev–Trinajstić information content (AvgIpc) is 2.14. The van der Waals surface area contributed by atoms with Crippen LogP contribution in [0.4, 0.5) is 0 Å². The molecule has 0 aliphatic carbocycles. The highest BCUT2D eigenvalue weighted by atomic mass is 79.9. The topological polar surface area (TPSA) is 33.1 Å². The zero-order valence-corrected chi connectivity index (χ0v) is 8.87. The highest BCUT2D eigenvalue weighted by molar-refractivity contribution is 9.10. The highest BCUT2D eigenvalue weighted by Gasteiger charge is 2.05. The fourth-order valence-corrected chi connectivity index (χ4v) is 1.31. The molecule has 1 rings (SSSR count). The minimum Gasteiger partial charge on any atom is -0.387 e. The van der Waals surface area contributed by atoms with Crippen LogP contribution in [0.15, 0.2) is 22.9 Å². The summed E-state index contributed by atoms with van der Waals surface area (Å²) >= 11 is 3.29. The number of pyridine rings is 1. The van der Waals surface area contributed by atoms with Crippen LogP contribution < -0.4 is 0 Å². The Labute approximate surface area is 86.1 Å². The largest absolute Gasteiger partial charge is 0.387 e. The highest BCUT2D eigenvalue weighted by Crippen LogP contribution is 2.18. The summed E-state index contributed by atoms with van der Waals surface area (Å²) in [6.45, 7) is 1.76. The molecular weight excluding hydrogens is 230 g/mol. The summed E-state index contributed by atoms with van der Waals surface area (Å²) in [5.74, 6) is 5.56. The van der Waals surface area contributed by atoms with E-state index in [4.69, 9.17) is 0 Å². The van der Waals surface area contributed by atoms with Crippen molar-refractivity contribution < 1.29 is 5.11 Å². The third kappa shape index (κ3) is 3.17. The maximum absolute atomic E-state index is 9.61. The Morgan fingerprint density at radius 2 is 2.38 bits per heavy atom. The fraction of sp³-hybridized carbons (Fsp3) is 0.300. The van der Waals surface area contributed by atoms with Gasteiger partial charge in [0.2, 0.25) is 0 Å². The van der Waals surface area contributed by atoms with E-state index in [1.165, 1.54) is 0 Å². The molecule has 0 aliphatic heterocycles. The standard InChI is InChI=1S/C10H10BrNO/c1-2-3-4-10(13)8-5-9(11)7-12-6-8/h5-7,10,13H,4H2,1H3. The second kappa shape index (κ2) is 5.00. The second-order valence-electron chi connectivity index (χ2n) is 2.58. The van der Waals surface area contributed by atoms with Gasteiger partial charge in [0.1, 0.15) is 0 Å². The Bertz CT molecular complexity index is 340. The number of aliphatic hydroxyl groups excluding tert-OH is 1. The van der Waals surface area contributed by atoms with Crippen molar-refractivity contribution in [1.82, 2.24) is 4.98 Å². The molecule has 68 valence electrons. The van der Waals surface area contributed by atoms with Crippen LogP contribution in [0.2, 0.25) is 0 Å². The molecule has 1 atom stereocenters. The molecule has 1 heterocycles. The van der Waals surface area contributed by atoms with Crippen molar-refractivity contribution in [3.05, 3.63) is 28.5 Å². The molecule has 13 heavy (non-hydrogen) atoms. The first-order valence-corrected chi connectivity index (χ1v) is 4.71. The predicted molar refractivity (Wildman–Crippen MR) is 55.0 cm³/mol. The SMILES string of the molecule is CC#CCC(O)c1cncc(Br)c1. The van der Waals surface area contributed by atoms with Crippen LogP contribution in [0.5, 0.6) is 0 Å². The van der Waals surface area contributed by atoms with Crippen molar-refractivity contribution in [3.63, 3.8) is 0 Å². The van der Waals surface area contributed by atoms with Crippen LogP contribution >= 0.6 is 15.9 Å². The lowest BCUT2D eigenvalue weighted by Gasteiger charge is -2.06. The van der Waals surface area contributed by atoms with Gasteiger partial charge < -0.3 is 5.11 Å². The molecule has 0 saturated carbocycles. The summed E-state index contributed by atoms with van der Waals surface area (Å²) in [6.07, 6.45) is 3.24. The first-order chi connectivity index (χ1) is 6.24. The van der Waals surface area contributed by atoms with Crippen LogP contribution in [-0.4, -0.2) is 10.1 Å². The number of nitrogens with zero attached hydrogens (tertiary/aromatic N) is 1. The second-order valence-corrected chi connectivity index (χ2v) is 3.50. The van der Waals surface area contributed by atoms with Gasteiger partial charge in [0, 0.05) is 28.9 Å². The van der Waals surface area contributed by atoms with Crippen LogP contribution in [0, 0.1) is 11.8 Å². The van der Waals surface area contributed by atoms with Gasteiger partial charge in [-0.2, -0.15) is 0 Å². The van der Waals surface area contributed by atoms with E-state index in [1.807, 2.05) is 6.07 Å². The van der Waals surface area contributed by atoms with Crippen molar-refractivity contribution in [2.75, 3.05) is 0 Å². The third-order valence-electron chi connectivity index (χ3n) is 1.58. The Morgan fingerprint density at radius 3 is 3.00 bits per heavy atom. The zero-order chi connectivity index (χ0) is 9.68. The van der Waals surface area contributed by atoms with Gasteiger partial charge in [-0.05, 0) is 28.9 Å². The number of hydrogen-bond donors (Lipinski definition) is 1. The number of aliphatic hydroxyl groups is 1. The van der Waals surface area contributed by atoms with Gasteiger partial charge in [0.25, 0.3) is 0 Å². The van der Waals surface area contributed by atoms with Gasteiger partial charge in [-0.1, -0.05) is 0 Å². The van der Waals surface area contributed by atoms with Crippen molar-refractivity contribution >= 4 is 15.9 Å². The van der Waals surface area contributed by atoms with Gasteiger partial charge >= 0.3 is 0 Å². The molecular formula is C10H10BrNO. The van der Waals surface area contributed by atoms with Crippen LogP contribution in [0.3, 0.4) is 0 Å². The molecule has 0 radical (unpaired) electrons. The summed E-state index contributed by atoms with van der Waals surface area (Å²) in [5.41, 5.74) is 0.789. The molecule has 1 N–H and O–H groups in total. The lowest BCUT2D eigenvalue weighted by molar-refractivity contribution is 0.183. The first kappa shape index (κ1) is 10.2. The van der Waals surface area contributed by atoms with E-state index in [0.29, 0.717) is 6.42 Å². The third-order valence-corrected chi connectivity index (χ3v) is 2.02. The summed E-state index contributed by atoms with van der Waals surface area (Å²) in [4.78, 5) is 3.96. The fourth-order valence-electron chi connectivity index (χ4n) is 0.927. The molecule has 0 saturated heterocycles. The quantitative estimate of drug-likeness (QED) is 0.804. The zero-order valence-electron chi connectivity index (χ0n) is 7.29. The normalized spacial score (nSPS) is 11.6. The summed E-state index contributed by atoms with van der Waals surface area (Å²) in [5, 5.41) is 9.61. The van der Waals surface area contributed by atoms with Crippen LogP contribution in [-0.2, 0) is 0 Å².